The van der Waals surface area contributed by atoms with Crippen LogP contribution in [0.5, 0.6) is 5.88 Å². The Hall–Kier alpha value is -2.07. The Kier molecular flexibility index (Phi) is 5.34. The van der Waals surface area contributed by atoms with E-state index < -0.39 is 11.4 Å². The molecule has 1 amide bonds. The van der Waals surface area contributed by atoms with Gasteiger partial charge in [-0.25, -0.2) is 19.2 Å². The van der Waals surface area contributed by atoms with Crippen molar-refractivity contribution in [1.82, 2.24) is 19.9 Å². The highest BCUT2D eigenvalue weighted by Gasteiger charge is 2.40. The molecular weight excluding hydrogens is 433 g/mol. The fourth-order valence-corrected chi connectivity index (χ4v) is 4.21. The van der Waals surface area contributed by atoms with Crippen molar-refractivity contribution < 1.29 is 18.7 Å². The van der Waals surface area contributed by atoms with Crippen LogP contribution >= 0.6 is 23.4 Å². The zero-order chi connectivity index (χ0) is 21.8. The number of hydrogen-bond acceptors (Lipinski definition) is 8. The smallest absolute Gasteiger partial charge is 0.410 e. The second-order valence-corrected chi connectivity index (χ2v) is 9.42. The van der Waals surface area contributed by atoms with Gasteiger partial charge in [0, 0.05) is 19.6 Å². The van der Waals surface area contributed by atoms with E-state index in [4.69, 9.17) is 21.1 Å². The van der Waals surface area contributed by atoms with Gasteiger partial charge in [-0.05, 0) is 34.0 Å². The van der Waals surface area contributed by atoms with Crippen molar-refractivity contribution in [3.05, 3.63) is 11.0 Å². The Morgan fingerprint density at radius 3 is 2.70 bits per heavy atom. The highest BCUT2D eigenvalue weighted by molar-refractivity contribution is 7.98. The van der Waals surface area contributed by atoms with Crippen LogP contribution < -0.4 is 9.64 Å². The summed E-state index contributed by atoms with van der Waals surface area (Å²) < 4.78 is 26.4. The molecule has 2 aliphatic rings. The average molecular weight is 456 g/mol. The molecule has 8 nitrogen and oxygen atoms in total. The van der Waals surface area contributed by atoms with Crippen LogP contribution in [0.2, 0.25) is 5.15 Å². The number of rotatable bonds is 1. The summed E-state index contributed by atoms with van der Waals surface area (Å²) in [7, 11) is 0. The summed E-state index contributed by atoms with van der Waals surface area (Å²) in [5.74, 6) is 0.0434. The number of carbonyl (C=O) groups is 1. The number of carbonyl (C=O) groups excluding carboxylic acids is 1. The second kappa shape index (κ2) is 7.56. The molecule has 2 aromatic heterocycles. The number of halogens is 2. The van der Waals surface area contributed by atoms with Crippen LogP contribution in [0.15, 0.2) is 5.16 Å². The van der Waals surface area contributed by atoms with Crippen LogP contribution in [0.1, 0.15) is 27.7 Å². The minimum atomic E-state index is -0.698. The van der Waals surface area contributed by atoms with E-state index in [1.54, 1.807) is 4.90 Å². The van der Waals surface area contributed by atoms with Crippen molar-refractivity contribution in [1.29, 1.82) is 0 Å². The van der Waals surface area contributed by atoms with Crippen LogP contribution in [0.4, 0.5) is 15.0 Å². The number of nitrogens with zero attached hydrogens (tertiary/aromatic N) is 5. The van der Waals surface area contributed by atoms with Gasteiger partial charge in [-0.15, -0.1) is 0 Å². The lowest BCUT2D eigenvalue weighted by Crippen LogP contribution is -2.59. The summed E-state index contributed by atoms with van der Waals surface area (Å²) >= 11 is 7.32. The zero-order valence-corrected chi connectivity index (χ0v) is 19.0. The highest BCUT2D eigenvalue weighted by Crippen LogP contribution is 2.41. The zero-order valence-electron chi connectivity index (χ0n) is 17.4. The Bertz CT molecular complexity index is 1020. The Balaban J connectivity index is 1.77. The molecule has 2 atom stereocenters. The molecule has 1 unspecified atom stereocenters. The van der Waals surface area contributed by atoms with E-state index in [9.17, 15) is 9.18 Å². The Morgan fingerprint density at radius 2 is 2.03 bits per heavy atom. The molecule has 0 aliphatic carbocycles. The van der Waals surface area contributed by atoms with Gasteiger partial charge in [-0.3, -0.25) is 0 Å². The maximum Gasteiger partial charge on any atom is 0.410 e. The number of hydrogen-bond donors (Lipinski definition) is 0. The third-order valence-corrected chi connectivity index (χ3v) is 5.83. The molecule has 30 heavy (non-hydrogen) atoms. The molecule has 1 fully saturated rings. The predicted octanol–water partition coefficient (Wildman–Crippen LogP) is 3.75. The Labute approximate surface area is 183 Å². The lowest BCUT2D eigenvalue weighted by Gasteiger charge is -2.43. The molecule has 0 spiro atoms. The fourth-order valence-electron chi connectivity index (χ4n) is 3.68. The molecule has 11 heteroatoms. The molecule has 2 aliphatic heterocycles. The van der Waals surface area contributed by atoms with E-state index in [1.807, 2.05) is 38.9 Å². The first-order valence-electron chi connectivity index (χ1n) is 9.61. The largest absolute Gasteiger partial charge is 0.472 e. The van der Waals surface area contributed by atoms with Crippen molar-refractivity contribution in [2.45, 2.75) is 50.6 Å². The number of anilines is 1. The van der Waals surface area contributed by atoms with Crippen LogP contribution in [0, 0.1) is 5.82 Å². The number of thioether (sulfide) groups is 1. The first kappa shape index (κ1) is 21.2. The number of fused-ring (bicyclic) bond motifs is 2. The number of pyridine rings is 1. The first-order chi connectivity index (χ1) is 14.1. The molecular formula is C19H23ClFN5O3S. The van der Waals surface area contributed by atoms with E-state index in [1.165, 1.54) is 11.8 Å². The number of piperazine rings is 1. The topological polar surface area (TPSA) is 80.7 Å². The second-order valence-electron chi connectivity index (χ2n) is 8.29. The van der Waals surface area contributed by atoms with Crippen molar-refractivity contribution in [2.75, 3.05) is 30.8 Å². The SMILES string of the molecule is CSc1nc2c3c(nc(Cl)c(F)c3n1)O[C@@H](C)C1CN(C(=O)OC(C)(C)C)CCN21. The highest BCUT2D eigenvalue weighted by atomic mass is 35.5. The molecule has 0 aromatic carbocycles. The van der Waals surface area contributed by atoms with Gasteiger partial charge in [0.15, 0.2) is 16.1 Å². The monoisotopic (exact) mass is 455 g/mol. The van der Waals surface area contributed by atoms with Crippen LogP contribution in [0.3, 0.4) is 0 Å². The van der Waals surface area contributed by atoms with E-state index in [0.717, 1.165) is 0 Å². The van der Waals surface area contributed by atoms with Gasteiger partial charge in [0.1, 0.15) is 28.4 Å². The van der Waals surface area contributed by atoms with E-state index in [2.05, 4.69) is 15.0 Å². The summed E-state index contributed by atoms with van der Waals surface area (Å²) in [6.07, 6.45) is 1.09. The van der Waals surface area contributed by atoms with Gasteiger partial charge < -0.3 is 19.3 Å². The first-order valence-corrected chi connectivity index (χ1v) is 11.2. The van der Waals surface area contributed by atoms with Crippen molar-refractivity contribution in [2.24, 2.45) is 0 Å². The summed E-state index contributed by atoms with van der Waals surface area (Å²) in [6.45, 7) is 8.69. The van der Waals surface area contributed by atoms with E-state index in [-0.39, 0.29) is 34.8 Å². The maximum atomic E-state index is 14.8. The third-order valence-electron chi connectivity index (χ3n) is 5.04. The molecule has 0 saturated carbocycles. The van der Waals surface area contributed by atoms with Gasteiger partial charge in [0.05, 0.1) is 6.04 Å². The molecule has 0 N–H and O–H groups in total. The van der Waals surface area contributed by atoms with E-state index in [0.29, 0.717) is 36.0 Å². The predicted molar refractivity (Wildman–Crippen MR) is 113 cm³/mol. The van der Waals surface area contributed by atoms with E-state index >= 15 is 0 Å². The van der Waals surface area contributed by atoms with Gasteiger partial charge in [-0.2, -0.15) is 4.98 Å². The maximum absolute atomic E-state index is 14.8. The summed E-state index contributed by atoms with van der Waals surface area (Å²) in [5.41, 5.74) is -0.498. The van der Waals surface area contributed by atoms with Gasteiger partial charge in [0.25, 0.3) is 0 Å². The van der Waals surface area contributed by atoms with Gasteiger partial charge >= 0.3 is 6.09 Å². The number of ether oxygens (including phenoxy) is 2. The Morgan fingerprint density at radius 1 is 1.30 bits per heavy atom. The molecule has 4 heterocycles. The number of amides is 1. The lowest BCUT2D eigenvalue weighted by atomic mass is 10.1. The standard InChI is InChI=1S/C19H23ClFN5O3S/c1-9-10-8-25(18(27)29-19(2,3)4)6-7-26(10)15-11-13(22-17(24-15)30-5)12(21)14(20)23-16(11)28-9/h9-10H,6-8H2,1-5H3/t9-,10?/m0/s1. The summed E-state index contributed by atoms with van der Waals surface area (Å²) in [4.78, 5) is 29.4. The molecule has 2 aromatic rings. The van der Waals surface area contributed by atoms with Crippen LogP contribution in [-0.2, 0) is 4.74 Å². The lowest BCUT2D eigenvalue weighted by molar-refractivity contribution is 0.0175. The summed E-state index contributed by atoms with van der Waals surface area (Å²) in [6, 6.07) is -0.227. The number of aromatic nitrogens is 3. The molecule has 0 bridgehead atoms. The molecule has 4 rings (SSSR count). The third kappa shape index (κ3) is 3.71. The minimum absolute atomic E-state index is 0.0850. The molecule has 0 radical (unpaired) electrons. The normalized spacial score (nSPS) is 21.2. The van der Waals surface area contributed by atoms with Crippen molar-refractivity contribution in [3.8, 4) is 5.88 Å². The fraction of sp³-hybridized carbons (Fsp3) is 0.579. The van der Waals surface area contributed by atoms with Gasteiger partial charge in [-0.1, -0.05) is 23.4 Å². The van der Waals surface area contributed by atoms with Gasteiger partial charge in [0.2, 0.25) is 5.88 Å². The minimum Gasteiger partial charge on any atom is -0.472 e. The molecule has 162 valence electrons. The quantitative estimate of drug-likeness (QED) is 0.365. The van der Waals surface area contributed by atoms with Crippen LogP contribution in [0.25, 0.3) is 10.9 Å². The molecule has 1 saturated heterocycles. The average Bonchev–Trinajstić information content (AvgIpc) is 2.79. The van der Waals surface area contributed by atoms with Crippen molar-refractivity contribution in [3.63, 3.8) is 0 Å². The van der Waals surface area contributed by atoms with Crippen molar-refractivity contribution >= 4 is 46.2 Å². The van der Waals surface area contributed by atoms with Crippen LogP contribution in [-0.4, -0.2) is 69.6 Å². The summed E-state index contributed by atoms with van der Waals surface area (Å²) in [5, 5.41) is 0.527.